The van der Waals surface area contributed by atoms with E-state index in [9.17, 15) is 14.0 Å². The van der Waals surface area contributed by atoms with Gasteiger partial charge in [-0.2, -0.15) is 0 Å². The van der Waals surface area contributed by atoms with Gasteiger partial charge in [-0.3, -0.25) is 0 Å². The van der Waals surface area contributed by atoms with E-state index in [4.69, 9.17) is 9.47 Å². The van der Waals surface area contributed by atoms with Crippen LogP contribution in [0.15, 0.2) is 47.1 Å². The Bertz CT molecular complexity index is 979. The Labute approximate surface area is 187 Å². The standard InChI is InChI=1S/C19H12FI2NO5/c1-26-16(24)9-27-17-13(21)6-10(7-14(17)22)8-15-19(25)28-18(23-15)11-2-4-12(20)5-3-11/h2-8H,9H2,1H3/b15-8-. The molecule has 0 radical (unpaired) electrons. The van der Waals surface area contributed by atoms with Crippen molar-refractivity contribution in [2.75, 3.05) is 13.7 Å². The van der Waals surface area contributed by atoms with Crippen LogP contribution in [-0.2, 0) is 19.1 Å². The van der Waals surface area contributed by atoms with Crippen LogP contribution in [-0.4, -0.2) is 31.6 Å². The minimum absolute atomic E-state index is 0.124. The summed E-state index contributed by atoms with van der Waals surface area (Å²) in [4.78, 5) is 27.6. The molecular formula is C19H12FI2NO5. The van der Waals surface area contributed by atoms with E-state index >= 15 is 0 Å². The molecule has 0 spiro atoms. The van der Waals surface area contributed by atoms with Crippen molar-refractivity contribution in [3.05, 3.63) is 66.2 Å². The molecule has 0 N–H and O–H groups in total. The number of aliphatic imine (C=N–C) groups is 1. The van der Waals surface area contributed by atoms with Crippen molar-refractivity contribution in [3.8, 4) is 5.75 Å². The van der Waals surface area contributed by atoms with Crippen LogP contribution in [0.25, 0.3) is 6.08 Å². The molecule has 0 aromatic heterocycles. The number of esters is 2. The van der Waals surface area contributed by atoms with E-state index in [1.165, 1.54) is 31.4 Å². The fraction of sp³-hybridized carbons (Fsp3) is 0.105. The summed E-state index contributed by atoms with van der Waals surface area (Å²) >= 11 is 4.16. The molecule has 0 atom stereocenters. The highest BCUT2D eigenvalue weighted by Gasteiger charge is 2.24. The Morgan fingerprint density at radius 1 is 1.21 bits per heavy atom. The van der Waals surface area contributed by atoms with Gasteiger partial charge < -0.3 is 14.2 Å². The van der Waals surface area contributed by atoms with Crippen LogP contribution in [0.3, 0.4) is 0 Å². The van der Waals surface area contributed by atoms with E-state index in [2.05, 4.69) is 54.9 Å². The second-order valence-corrected chi connectivity index (χ2v) is 7.85. The van der Waals surface area contributed by atoms with Crippen molar-refractivity contribution in [1.29, 1.82) is 0 Å². The third kappa shape index (κ3) is 4.87. The van der Waals surface area contributed by atoms with Gasteiger partial charge in [-0.25, -0.2) is 19.0 Å². The van der Waals surface area contributed by atoms with Crippen LogP contribution in [0, 0.1) is 13.0 Å². The maximum absolute atomic E-state index is 13.0. The van der Waals surface area contributed by atoms with Crippen LogP contribution in [0.5, 0.6) is 5.75 Å². The normalized spacial score (nSPS) is 14.6. The first-order chi connectivity index (χ1) is 13.4. The van der Waals surface area contributed by atoms with Gasteiger partial charge in [0.1, 0.15) is 11.6 Å². The maximum atomic E-state index is 13.0. The molecule has 6 nitrogen and oxygen atoms in total. The van der Waals surface area contributed by atoms with Gasteiger partial charge in [0.05, 0.1) is 14.3 Å². The van der Waals surface area contributed by atoms with Gasteiger partial charge in [0, 0.05) is 5.56 Å². The topological polar surface area (TPSA) is 74.2 Å². The molecule has 2 aromatic rings. The van der Waals surface area contributed by atoms with E-state index in [0.717, 1.165) is 12.7 Å². The molecule has 0 saturated heterocycles. The Hall–Kier alpha value is -2.02. The van der Waals surface area contributed by atoms with Gasteiger partial charge >= 0.3 is 11.9 Å². The fourth-order valence-corrected chi connectivity index (χ4v) is 4.40. The number of benzene rings is 2. The van der Waals surface area contributed by atoms with Crippen molar-refractivity contribution < 1.29 is 28.2 Å². The molecule has 0 fully saturated rings. The van der Waals surface area contributed by atoms with Gasteiger partial charge in [-0.15, -0.1) is 0 Å². The molecule has 3 rings (SSSR count). The van der Waals surface area contributed by atoms with E-state index in [-0.39, 0.29) is 24.0 Å². The van der Waals surface area contributed by atoms with Crippen molar-refractivity contribution in [2.45, 2.75) is 0 Å². The highest BCUT2D eigenvalue weighted by molar-refractivity contribution is 14.1. The fourth-order valence-electron chi connectivity index (χ4n) is 2.27. The van der Waals surface area contributed by atoms with Gasteiger partial charge in [0.15, 0.2) is 12.3 Å². The number of ether oxygens (including phenoxy) is 3. The number of hydrogen-bond donors (Lipinski definition) is 0. The Kier molecular flexibility index (Phi) is 6.65. The number of rotatable bonds is 5. The minimum Gasteiger partial charge on any atom is -0.480 e. The lowest BCUT2D eigenvalue weighted by molar-refractivity contribution is -0.143. The third-order valence-corrected chi connectivity index (χ3v) is 5.20. The number of halogens is 3. The molecular weight excluding hydrogens is 595 g/mol. The molecule has 0 amide bonds. The smallest absolute Gasteiger partial charge is 0.363 e. The first-order valence-electron chi connectivity index (χ1n) is 7.84. The summed E-state index contributed by atoms with van der Waals surface area (Å²) in [6, 6.07) is 9.10. The van der Waals surface area contributed by atoms with Crippen LogP contribution < -0.4 is 4.74 Å². The monoisotopic (exact) mass is 607 g/mol. The molecule has 28 heavy (non-hydrogen) atoms. The minimum atomic E-state index is -0.588. The summed E-state index contributed by atoms with van der Waals surface area (Å²) in [5, 5.41) is 0. The summed E-state index contributed by atoms with van der Waals surface area (Å²) in [7, 11) is 1.29. The third-order valence-electron chi connectivity index (χ3n) is 3.60. The molecule has 1 aliphatic heterocycles. The lowest BCUT2D eigenvalue weighted by Gasteiger charge is -2.10. The van der Waals surface area contributed by atoms with E-state index < -0.39 is 11.9 Å². The summed E-state index contributed by atoms with van der Waals surface area (Å²) in [6.07, 6.45) is 1.59. The lowest BCUT2D eigenvalue weighted by Crippen LogP contribution is -2.13. The first-order valence-corrected chi connectivity index (χ1v) is 10.0. The second kappa shape index (κ2) is 8.99. The van der Waals surface area contributed by atoms with Crippen LogP contribution in [0.4, 0.5) is 4.39 Å². The summed E-state index contributed by atoms with van der Waals surface area (Å²) in [6.45, 7) is -0.194. The van der Waals surface area contributed by atoms with Crippen LogP contribution in [0.2, 0.25) is 0 Å². The molecule has 1 aliphatic rings. The van der Waals surface area contributed by atoms with Gasteiger partial charge in [0.2, 0.25) is 5.90 Å². The first kappa shape index (κ1) is 20.7. The number of hydrogen-bond acceptors (Lipinski definition) is 6. The number of carbonyl (C=O) groups is 2. The molecule has 9 heteroatoms. The summed E-state index contributed by atoms with van der Waals surface area (Å²) < 4.78 is 29.8. The number of cyclic esters (lactones) is 1. The zero-order valence-corrected chi connectivity index (χ0v) is 18.7. The van der Waals surface area contributed by atoms with E-state index in [1.54, 1.807) is 18.2 Å². The number of nitrogens with zero attached hydrogens (tertiary/aromatic N) is 1. The van der Waals surface area contributed by atoms with E-state index in [0.29, 0.717) is 11.3 Å². The molecule has 1 heterocycles. The zero-order chi connectivity index (χ0) is 20.3. The van der Waals surface area contributed by atoms with Gasteiger partial charge in [-0.05, 0) is 93.2 Å². The SMILES string of the molecule is COC(=O)COc1c(I)cc(/C=C2\N=C(c3ccc(F)cc3)OC2=O)cc1I. The van der Waals surface area contributed by atoms with Crippen LogP contribution >= 0.6 is 45.2 Å². The number of carbonyl (C=O) groups excluding carboxylic acids is 2. The maximum Gasteiger partial charge on any atom is 0.363 e. The molecule has 2 aromatic carbocycles. The molecule has 0 saturated carbocycles. The Morgan fingerprint density at radius 3 is 2.46 bits per heavy atom. The summed E-state index contributed by atoms with van der Waals surface area (Å²) in [5.74, 6) is -0.774. The molecule has 0 unspecified atom stereocenters. The highest BCUT2D eigenvalue weighted by atomic mass is 127. The molecule has 0 bridgehead atoms. The quantitative estimate of drug-likeness (QED) is 0.293. The Balaban J connectivity index is 1.85. The Morgan fingerprint density at radius 2 is 1.86 bits per heavy atom. The van der Waals surface area contributed by atoms with Gasteiger partial charge in [-0.1, -0.05) is 0 Å². The molecule has 0 aliphatic carbocycles. The second-order valence-electron chi connectivity index (χ2n) is 5.52. The van der Waals surface area contributed by atoms with Crippen molar-refractivity contribution >= 4 is 69.1 Å². The molecule has 144 valence electrons. The predicted octanol–water partition coefficient (Wildman–Crippen LogP) is 3.93. The van der Waals surface area contributed by atoms with Gasteiger partial charge in [0.25, 0.3) is 0 Å². The number of methoxy groups -OCH3 is 1. The lowest BCUT2D eigenvalue weighted by atomic mass is 10.2. The van der Waals surface area contributed by atoms with Crippen molar-refractivity contribution in [2.24, 2.45) is 4.99 Å². The predicted molar refractivity (Wildman–Crippen MR) is 116 cm³/mol. The largest absolute Gasteiger partial charge is 0.480 e. The van der Waals surface area contributed by atoms with Crippen LogP contribution in [0.1, 0.15) is 11.1 Å². The summed E-state index contributed by atoms with van der Waals surface area (Å²) in [5.41, 5.74) is 1.36. The van der Waals surface area contributed by atoms with Crippen molar-refractivity contribution in [3.63, 3.8) is 0 Å². The zero-order valence-electron chi connectivity index (χ0n) is 14.4. The van der Waals surface area contributed by atoms with E-state index in [1.807, 2.05) is 0 Å². The average molecular weight is 607 g/mol. The van der Waals surface area contributed by atoms with Crippen molar-refractivity contribution in [1.82, 2.24) is 0 Å². The highest BCUT2D eigenvalue weighted by Crippen LogP contribution is 2.30. The average Bonchev–Trinajstić information content (AvgIpc) is 3.01.